The van der Waals surface area contributed by atoms with Crippen molar-refractivity contribution in [3.63, 3.8) is 0 Å². The number of hydrogen-bond donors (Lipinski definition) is 1. The van der Waals surface area contributed by atoms with Crippen LogP contribution in [-0.4, -0.2) is 54.0 Å². The molecule has 3 rings (SSSR count). The average Bonchev–Trinajstić information content (AvgIpc) is 2.94. The first-order valence-corrected chi connectivity index (χ1v) is 8.91. The Morgan fingerprint density at radius 2 is 1.81 bits per heavy atom. The van der Waals surface area contributed by atoms with Crippen LogP contribution in [-0.2, 0) is 4.79 Å². The zero-order valence-corrected chi connectivity index (χ0v) is 13.5. The zero-order chi connectivity index (χ0) is 14.8. The quantitative estimate of drug-likeness (QED) is 0.864. The van der Waals surface area contributed by atoms with Gasteiger partial charge in [0, 0.05) is 31.6 Å². The average molecular weight is 293 g/mol. The molecule has 21 heavy (non-hydrogen) atoms. The molecule has 120 valence electrons. The van der Waals surface area contributed by atoms with Gasteiger partial charge in [-0.2, -0.15) is 0 Å². The zero-order valence-electron chi connectivity index (χ0n) is 13.5. The normalized spacial score (nSPS) is 37.5. The molecule has 3 fully saturated rings. The third-order valence-electron chi connectivity index (χ3n) is 6.02. The summed E-state index contributed by atoms with van der Waals surface area (Å²) >= 11 is 0. The van der Waals surface area contributed by atoms with Crippen LogP contribution in [0.15, 0.2) is 0 Å². The Morgan fingerprint density at radius 3 is 2.52 bits per heavy atom. The molecule has 4 heteroatoms. The molecule has 1 amide bonds. The van der Waals surface area contributed by atoms with Crippen LogP contribution in [0.4, 0.5) is 0 Å². The van der Waals surface area contributed by atoms with E-state index in [1.54, 1.807) is 0 Å². The van der Waals surface area contributed by atoms with E-state index < -0.39 is 0 Å². The van der Waals surface area contributed by atoms with Gasteiger partial charge in [-0.15, -0.1) is 0 Å². The van der Waals surface area contributed by atoms with E-state index in [1.165, 1.54) is 45.1 Å². The second kappa shape index (κ2) is 6.66. The smallest absolute Gasteiger partial charge is 0.223 e. The number of amides is 1. The van der Waals surface area contributed by atoms with E-state index in [9.17, 15) is 4.79 Å². The van der Waals surface area contributed by atoms with E-state index >= 15 is 0 Å². The number of carbonyl (C=O) groups is 1. The van der Waals surface area contributed by atoms with Crippen LogP contribution in [0.1, 0.15) is 51.9 Å². The van der Waals surface area contributed by atoms with Crippen LogP contribution < -0.4 is 5.73 Å². The summed E-state index contributed by atoms with van der Waals surface area (Å²) in [7, 11) is 0. The van der Waals surface area contributed by atoms with Gasteiger partial charge in [0.2, 0.25) is 5.91 Å². The molecule has 4 nitrogen and oxygen atoms in total. The fourth-order valence-corrected chi connectivity index (χ4v) is 4.57. The first kappa shape index (κ1) is 15.3. The van der Waals surface area contributed by atoms with Crippen LogP contribution in [0.3, 0.4) is 0 Å². The van der Waals surface area contributed by atoms with Crippen LogP contribution in [0.2, 0.25) is 0 Å². The number of carbonyl (C=O) groups excluding carboxylic acids is 1. The number of fused-ring (bicyclic) bond motifs is 1. The summed E-state index contributed by atoms with van der Waals surface area (Å²) in [6.07, 6.45) is 8.20. The predicted molar refractivity (Wildman–Crippen MR) is 84.9 cm³/mol. The van der Waals surface area contributed by atoms with Gasteiger partial charge in [-0.3, -0.25) is 9.69 Å². The molecule has 1 aliphatic carbocycles. The molecule has 2 unspecified atom stereocenters. The Morgan fingerprint density at radius 1 is 1.10 bits per heavy atom. The minimum Gasteiger partial charge on any atom is -0.337 e. The fraction of sp³-hybridized carbons (Fsp3) is 0.941. The number of nitrogens with two attached hydrogens (primary N) is 1. The number of piperazine rings is 1. The summed E-state index contributed by atoms with van der Waals surface area (Å²) in [6.45, 7) is 6.33. The van der Waals surface area contributed by atoms with Gasteiger partial charge in [0.15, 0.2) is 0 Å². The van der Waals surface area contributed by atoms with Crippen molar-refractivity contribution in [2.24, 2.45) is 17.6 Å². The predicted octanol–water partition coefficient (Wildman–Crippen LogP) is 1.84. The van der Waals surface area contributed by atoms with Crippen LogP contribution in [0.5, 0.6) is 0 Å². The van der Waals surface area contributed by atoms with Crippen molar-refractivity contribution in [3.8, 4) is 0 Å². The molecule has 0 radical (unpaired) electrons. The van der Waals surface area contributed by atoms with Crippen molar-refractivity contribution in [2.45, 2.75) is 64.0 Å². The van der Waals surface area contributed by atoms with Gasteiger partial charge >= 0.3 is 0 Å². The van der Waals surface area contributed by atoms with Gasteiger partial charge in [0.05, 0.1) is 0 Å². The van der Waals surface area contributed by atoms with Crippen LogP contribution in [0, 0.1) is 11.8 Å². The molecule has 2 N–H and O–H groups in total. The van der Waals surface area contributed by atoms with Crippen molar-refractivity contribution < 1.29 is 4.79 Å². The topological polar surface area (TPSA) is 49.6 Å². The minimum absolute atomic E-state index is 0.396. The van der Waals surface area contributed by atoms with E-state index in [-0.39, 0.29) is 0 Å². The SMILES string of the molecule is CC1CN2CCCC2CN1C(=O)CC1CCC(CN)CC1. The van der Waals surface area contributed by atoms with Crippen molar-refractivity contribution in [1.82, 2.24) is 9.80 Å². The van der Waals surface area contributed by atoms with Gasteiger partial charge in [0.1, 0.15) is 0 Å². The second-order valence-electron chi connectivity index (χ2n) is 7.51. The first-order chi connectivity index (χ1) is 10.2. The Hall–Kier alpha value is -0.610. The third-order valence-corrected chi connectivity index (χ3v) is 6.02. The highest BCUT2D eigenvalue weighted by Crippen LogP contribution is 2.32. The van der Waals surface area contributed by atoms with Gasteiger partial charge in [-0.25, -0.2) is 0 Å². The summed E-state index contributed by atoms with van der Waals surface area (Å²) in [5, 5.41) is 0. The molecule has 2 saturated heterocycles. The van der Waals surface area contributed by atoms with E-state index in [4.69, 9.17) is 5.73 Å². The first-order valence-electron chi connectivity index (χ1n) is 8.91. The van der Waals surface area contributed by atoms with Gasteiger partial charge in [-0.05, 0) is 70.4 Å². The summed E-state index contributed by atoms with van der Waals surface area (Å²) in [4.78, 5) is 17.5. The van der Waals surface area contributed by atoms with E-state index in [2.05, 4.69) is 16.7 Å². The van der Waals surface area contributed by atoms with Crippen LogP contribution >= 0.6 is 0 Å². The number of hydrogen-bond acceptors (Lipinski definition) is 3. The van der Waals surface area contributed by atoms with Crippen molar-refractivity contribution in [3.05, 3.63) is 0 Å². The van der Waals surface area contributed by atoms with Gasteiger partial charge in [0.25, 0.3) is 0 Å². The molecule has 2 aliphatic heterocycles. The highest BCUT2D eigenvalue weighted by atomic mass is 16.2. The molecule has 0 spiro atoms. The minimum atomic E-state index is 0.396. The maximum absolute atomic E-state index is 12.7. The molecule has 0 aromatic rings. The molecular weight excluding hydrogens is 262 g/mol. The summed E-state index contributed by atoms with van der Waals surface area (Å²) in [6, 6.07) is 1.03. The Kier molecular flexibility index (Phi) is 4.85. The standard InChI is InChI=1S/C17H31N3O/c1-13-11-19-8-2-3-16(19)12-20(13)17(21)9-14-4-6-15(10-18)7-5-14/h13-16H,2-12,18H2,1H3. The lowest BCUT2D eigenvalue weighted by Crippen LogP contribution is -2.57. The lowest BCUT2D eigenvalue weighted by Gasteiger charge is -2.43. The molecule has 2 heterocycles. The largest absolute Gasteiger partial charge is 0.337 e. The Bertz CT molecular complexity index is 365. The monoisotopic (exact) mass is 293 g/mol. The Labute approximate surface area is 129 Å². The molecule has 0 aromatic carbocycles. The Balaban J connectivity index is 1.51. The molecule has 1 saturated carbocycles. The van der Waals surface area contributed by atoms with Crippen molar-refractivity contribution in [1.29, 1.82) is 0 Å². The maximum atomic E-state index is 12.7. The van der Waals surface area contributed by atoms with E-state index in [0.29, 0.717) is 29.8 Å². The highest BCUT2D eigenvalue weighted by Gasteiger charge is 2.37. The molecule has 2 atom stereocenters. The fourth-order valence-electron chi connectivity index (χ4n) is 4.57. The number of rotatable bonds is 3. The molecular formula is C17H31N3O. The van der Waals surface area contributed by atoms with Gasteiger partial charge < -0.3 is 10.6 Å². The highest BCUT2D eigenvalue weighted by molar-refractivity contribution is 5.77. The third kappa shape index (κ3) is 3.42. The summed E-state index contributed by atoms with van der Waals surface area (Å²) < 4.78 is 0. The maximum Gasteiger partial charge on any atom is 0.223 e. The van der Waals surface area contributed by atoms with E-state index in [1.807, 2.05) is 0 Å². The van der Waals surface area contributed by atoms with Crippen molar-refractivity contribution >= 4 is 5.91 Å². The summed E-state index contributed by atoms with van der Waals surface area (Å²) in [5.41, 5.74) is 5.75. The van der Waals surface area contributed by atoms with Crippen LogP contribution in [0.25, 0.3) is 0 Å². The van der Waals surface area contributed by atoms with E-state index in [0.717, 1.165) is 26.1 Å². The van der Waals surface area contributed by atoms with Gasteiger partial charge in [-0.1, -0.05) is 0 Å². The van der Waals surface area contributed by atoms with Crippen molar-refractivity contribution in [2.75, 3.05) is 26.2 Å². The molecule has 0 bridgehead atoms. The lowest BCUT2D eigenvalue weighted by atomic mass is 9.80. The number of nitrogens with zero attached hydrogens (tertiary/aromatic N) is 2. The molecule has 0 aromatic heterocycles. The second-order valence-corrected chi connectivity index (χ2v) is 7.51. The molecule has 3 aliphatic rings. The lowest BCUT2D eigenvalue weighted by molar-refractivity contribution is -0.138. The summed E-state index contributed by atoms with van der Waals surface area (Å²) in [5.74, 6) is 1.72.